The molecule has 0 aliphatic heterocycles. The molecule has 0 aliphatic carbocycles. The Morgan fingerprint density at radius 1 is 1.50 bits per heavy atom. The highest BCUT2D eigenvalue weighted by Crippen LogP contribution is 2.17. The SMILES string of the molecule is CCC(N=C=O)Oc1ccc(Cl)cc1. The summed E-state index contributed by atoms with van der Waals surface area (Å²) >= 11 is 5.70. The number of benzene rings is 1. The number of nitrogens with zero attached hydrogens (tertiary/aromatic N) is 1. The minimum Gasteiger partial charge on any atom is -0.468 e. The molecule has 0 aromatic heterocycles. The number of isocyanates is 1. The molecular weight excluding hydrogens is 202 g/mol. The van der Waals surface area contributed by atoms with Gasteiger partial charge in [0.15, 0.2) is 0 Å². The topological polar surface area (TPSA) is 38.7 Å². The van der Waals surface area contributed by atoms with Crippen molar-refractivity contribution in [2.75, 3.05) is 0 Å². The second-order valence-electron chi connectivity index (χ2n) is 2.66. The molecule has 0 spiro atoms. The molecule has 1 atom stereocenters. The number of ether oxygens (including phenoxy) is 1. The molecule has 4 heteroatoms. The van der Waals surface area contributed by atoms with Crippen molar-refractivity contribution in [2.24, 2.45) is 4.99 Å². The number of aliphatic imine (C=N–C) groups is 1. The summed E-state index contributed by atoms with van der Waals surface area (Å²) in [6.07, 6.45) is 1.63. The van der Waals surface area contributed by atoms with E-state index in [1.807, 2.05) is 6.92 Å². The predicted molar refractivity (Wildman–Crippen MR) is 54.3 cm³/mol. The van der Waals surface area contributed by atoms with Gasteiger partial charge in [-0.3, -0.25) is 0 Å². The molecule has 0 saturated heterocycles. The monoisotopic (exact) mass is 211 g/mol. The van der Waals surface area contributed by atoms with Gasteiger partial charge in [0.05, 0.1) is 0 Å². The maximum absolute atomic E-state index is 10.0. The minimum atomic E-state index is -0.464. The van der Waals surface area contributed by atoms with Gasteiger partial charge in [0.25, 0.3) is 0 Å². The van der Waals surface area contributed by atoms with Gasteiger partial charge in [-0.25, -0.2) is 4.79 Å². The Labute approximate surface area is 87.4 Å². The lowest BCUT2D eigenvalue weighted by Gasteiger charge is -2.10. The smallest absolute Gasteiger partial charge is 0.238 e. The van der Waals surface area contributed by atoms with Crippen LogP contribution >= 0.6 is 11.6 Å². The van der Waals surface area contributed by atoms with Crippen molar-refractivity contribution in [1.29, 1.82) is 0 Å². The number of hydrogen-bond acceptors (Lipinski definition) is 3. The molecule has 14 heavy (non-hydrogen) atoms. The van der Waals surface area contributed by atoms with Crippen LogP contribution in [0.15, 0.2) is 29.3 Å². The molecule has 0 radical (unpaired) electrons. The first-order valence-electron chi connectivity index (χ1n) is 4.25. The largest absolute Gasteiger partial charge is 0.468 e. The van der Waals surface area contributed by atoms with Gasteiger partial charge in [-0.15, -0.1) is 0 Å². The molecule has 0 bridgehead atoms. The second-order valence-corrected chi connectivity index (χ2v) is 3.09. The van der Waals surface area contributed by atoms with E-state index in [2.05, 4.69) is 4.99 Å². The molecule has 0 fully saturated rings. The van der Waals surface area contributed by atoms with Crippen LogP contribution in [0.2, 0.25) is 5.02 Å². The molecule has 1 aromatic carbocycles. The standard InChI is InChI=1S/C10H10ClNO2/c1-2-10(12-7-13)14-9-5-3-8(11)4-6-9/h3-6,10H,2H2,1H3. The third-order valence-electron chi connectivity index (χ3n) is 1.63. The van der Waals surface area contributed by atoms with E-state index in [9.17, 15) is 4.79 Å². The summed E-state index contributed by atoms with van der Waals surface area (Å²) in [5.74, 6) is 0.639. The zero-order valence-corrected chi connectivity index (χ0v) is 8.49. The summed E-state index contributed by atoms with van der Waals surface area (Å²) < 4.78 is 5.37. The van der Waals surface area contributed by atoms with Crippen LogP contribution in [0.3, 0.4) is 0 Å². The van der Waals surface area contributed by atoms with Crippen molar-refractivity contribution in [1.82, 2.24) is 0 Å². The van der Waals surface area contributed by atoms with Crippen molar-refractivity contribution < 1.29 is 9.53 Å². The van der Waals surface area contributed by atoms with Gasteiger partial charge in [-0.05, 0) is 24.3 Å². The Morgan fingerprint density at radius 3 is 2.64 bits per heavy atom. The highest BCUT2D eigenvalue weighted by Gasteiger charge is 2.04. The predicted octanol–water partition coefficient (Wildman–Crippen LogP) is 2.79. The van der Waals surface area contributed by atoms with Crippen LogP contribution < -0.4 is 4.74 Å². The molecule has 0 amide bonds. The van der Waals surface area contributed by atoms with Gasteiger partial charge in [-0.2, -0.15) is 4.99 Å². The Morgan fingerprint density at radius 2 is 2.14 bits per heavy atom. The lowest BCUT2D eigenvalue weighted by atomic mass is 10.3. The second kappa shape index (κ2) is 5.43. The van der Waals surface area contributed by atoms with Crippen LogP contribution in [0, 0.1) is 0 Å². The Bertz CT molecular complexity index is 330. The van der Waals surface area contributed by atoms with Gasteiger partial charge >= 0.3 is 0 Å². The number of carbonyl (C=O) groups excluding carboxylic acids is 1. The van der Waals surface area contributed by atoms with Crippen molar-refractivity contribution in [2.45, 2.75) is 19.6 Å². The normalized spacial score (nSPS) is 11.6. The van der Waals surface area contributed by atoms with Crippen molar-refractivity contribution >= 4 is 17.7 Å². The number of halogens is 1. The molecule has 0 aliphatic rings. The third kappa shape index (κ3) is 3.21. The third-order valence-corrected chi connectivity index (χ3v) is 1.88. The van der Waals surface area contributed by atoms with E-state index < -0.39 is 6.23 Å². The van der Waals surface area contributed by atoms with Gasteiger partial charge in [0.2, 0.25) is 12.3 Å². The van der Waals surface area contributed by atoms with Crippen LogP contribution in [-0.4, -0.2) is 12.3 Å². The average molecular weight is 212 g/mol. The summed E-state index contributed by atoms with van der Waals surface area (Å²) in [6, 6.07) is 6.89. The summed E-state index contributed by atoms with van der Waals surface area (Å²) in [6.45, 7) is 1.88. The quantitative estimate of drug-likeness (QED) is 0.568. The first-order valence-corrected chi connectivity index (χ1v) is 4.63. The van der Waals surface area contributed by atoms with Crippen LogP contribution in [0.5, 0.6) is 5.75 Å². The van der Waals surface area contributed by atoms with Crippen LogP contribution in [-0.2, 0) is 4.79 Å². The van der Waals surface area contributed by atoms with Crippen LogP contribution in [0.4, 0.5) is 0 Å². The lowest BCUT2D eigenvalue weighted by molar-refractivity contribution is 0.207. The van der Waals surface area contributed by atoms with E-state index in [1.54, 1.807) is 24.3 Å². The zero-order valence-electron chi connectivity index (χ0n) is 7.74. The zero-order chi connectivity index (χ0) is 10.4. The summed E-state index contributed by atoms with van der Waals surface area (Å²) in [5, 5.41) is 0.643. The molecule has 0 N–H and O–H groups in total. The van der Waals surface area contributed by atoms with E-state index in [1.165, 1.54) is 6.08 Å². The van der Waals surface area contributed by atoms with Crippen molar-refractivity contribution in [3.8, 4) is 5.75 Å². The highest BCUT2D eigenvalue weighted by molar-refractivity contribution is 6.30. The number of rotatable bonds is 4. The summed E-state index contributed by atoms with van der Waals surface area (Å²) in [4.78, 5) is 13.5. The van der Waals surface area contributed by atoms with Gasteiger partial charge in [0.1, 0.15) is 5.75 Å². The fourth-order valence-electron chi connectivity index (χ4n) is 0.930. The Balaban J connectivity index is 2.67. The lowest BCUT2D eigenvalue weighted by Crippen LogP contribution is -2.11. The molecular formula is C10H10ClNO2. The molecule has 3 nitrogen and oxygen atoms in total. The van der Waals surface area contributed by atoms with Crippen LogP contribution in [0.1, 0.15) is 13.3 Å². The first-order chi connectivity index (χ1) is 6.76. The molecule has 1 unspecified atom stereocenters. The fraction of sp³-hybridized carbons (Fsp3) is 0.300. The van der Waals surface area contributed by atoms with E-state index in [0.717, 1.165) is 0 Å². The van der Waals surface area contributed by atoms with Crippen molar-refractivity contribution in [3.05, 3.63) is 29.3 Å². The number of hydrogen-bond donors (Lipinski definition) is 0. The van der Waals surface area contributed by atoms with Gasteiger partial charge in [-0.1, -0.05) is 18.5 Å². The van der Waals surface area contributed by atoms with E-state index in [4.69, 9.17) is 16.3 Å². The minimum absolute atomic E-state index is 0.464. The molecule has 1 rings (SSSR count). The van der Waals surface area contributed by atoms with Crippen molar-refractivity contribution in [3.63, 3.8) is 0 Å². The van der Waals surface area contributed by atoms with Crippen LogP contribution in [0.25, 0.3) is 0 Å². The van der Waals surface area contributed by atoms with E-state index in [0.29, 0.717) is 17.2 Å². The Kier molecular flexibility index (Phi) is 4.17. The Hall–Kier alpha value is -1.31. The fourth-order valence-corrected chi connectivity index (χ4v) is 1.06. The summed E-state index contributed by atoms with van der Waals surface area (Å²) in [7, 11) is 0. The maximum Gasteiger partial charge on any atom is 0.238 e. The molecule has 1 aromatic rings. The highest BCUT2D eigenvalue weighted by atomic mass is 35.5. The van der Waals surface area contributed by atoms with Gasteiger partial charge in [0, 0.05) is 11.4 Å². The molecule has 0 saturated carbocycles. The maximum atomic E-state index is 10.0. The van der Waals surface area contributed by atoms with E-state index >= 15 is 0 Å². The molecule has 74 valence electrons. The summed E-state index contributed by atoms with van der Waals surface area (Å²) in [5.41, 5.74) is 0. The molecule has 0 heterocycles. The first kappa shape index (κ1) is 10.8. The van der Waals surface area contributed by atoms with E-state index in [-0.39, 0.29) is 0 Å². The van der Waals surface area contributed by atoms with Gasteiger partial charge < -0.3 is 4.74 Å². The average Bonchev–Trinajstić information content (AvgIpc) is 2.20.